The number of aliphatic hydroxyl groups excluding tert-OH is 2. The van der Waals surface area contributed by atoms with E-state index in [4.69, 9.17) is 30.9 Å². The van der Waals surface area contributed by atoms with E-state index in [1.165, 1.54) is 10.9 Å². The summed E-state index contributed by atoms with van der Waals surface area (Å²) in [5.41, 5.74) is -0.124. The van der Waals surface area contributed by atoms with E-state index in [9.17, 15) is 29.0 Å². The van der Waals surface area contributed by atoms with Gasteiger partial charge in [-0.25, -0.2) is 14.9 Å². The minimum absolute atomic E-state index is 0.0230. The van der Waals surface area contributed by atoms with Crippen molar-refractivity contribution in [2.24, 2.45) is 10.8 Å². The van der Waals surface area contributed by atoms with Crippen LogP contribution in [0, 0.1) is 10.8 Å². The zero-order valence-electron chi connectivity index (χ0n) is 22.8. The molecule has 41 heavy (non-hydrogen) atoms. The number of carbonyl (C=O) groups is 1. The molecule has 19 heteroatoms. The maximum atomic E-state index is 12.9. The highest BCUT2D eigenvalue weighted by molar-refractivity contribution is 7.71. The molecule has 16 nitrogen and oxygen atoms in total. The van der Waals surface area contributed by atoms with Crippen LogP contribution in [-0.4, -0.2) is 87.4 Å². The fourth-order valence-electron chi connectivity index (χ4n) is 5.51. The Bertz CT molecular complexity index is 1400. The van der Waals surface area contributed by atoms with Crippen LogP contribution in [-0.2, 0) is 18.6 Å². The minimum atomic E-state index is -4.80. The molecule has 1 saturated heterocycles. The van der Waals surface area contributed by atoms with Gasteiger partial charge >= 0.3 is 13.7 Å². The number of rotatable bonds is 9. The molecule has 4 rings (SSSR count). The molecule has 2 fully saturated rings. The number of halogens is 1. The smallest absolute Gasteiger partial charge is 0.413 e. The summed E-state index contributed by atoms with van der Waals surface area (Å²) in [5.74, 6) is -1.37. The first kappa shape index (κ1) is 32.2. The van der Waals surface area contributed by atoms with Crippen LogP contribution >= 0.6 is 26.7 Å². The molecule has 1 aliphatic carbocycles. The maximum absolute atomic E-state index is 12.9. The molecule has 4 unspecified atom stereocenters. The lowest BCUT2D eigenvalue weighted by atomic mass is 9.67. The highest BCUT2D eigenvalue weighted by Crippen LogP contribution is 2.55. The van der Waals surface area contributed by atoms with Gasteiger partial charge in [0.15, 0.2) is 23.2 Å². The minimum Gasteiger partial charge on any atom is -0.445 e. The fraction of sp³-hybridized carbons (Fsp3) is 0.727. The average Bonchev–Trinajstić information content (AvgIpc) is 3.45. The molecular formula is C22H35ClN6O10P2. The Hall–Kier alpha value is -1.71. The van der Waals surface area contributed by atoms with Gasteiger partial charge in [-0.1, -0.05) is 27.7 Å². The highest BCUT2D eigenvalue weighted by atomic mass is 35.5. The van der Waals surface area contributed by atoms with Crippen LogP contribution in [0.25, 0.3) is 11.2 Å². The first-order chi connectivity index (χ1) is 18.9. The van der Waals surface area contributed by atoms with Crippen molar-refractivity contribution in [1.82, 2.24) is 24.6 Å². The Morgan fingerprint density at radius 2 is 1.90 bits per heavy atom. The molecule has 1 amide bonds. The summed E-state index contributed by atoms with van der Waals surface area (Å²) in [6.45, 7) is 7.95. The lowest BCUT2D eigenvalue weighted by Crippen LogP contribution is -2.40. The number of imidazole rings is 1. The van der Waals surface area contributed by atoms with E-state index in [1.807, 2.05) is 0 Å². The van der Waals surface area contributed by atoms with E-state index in [0.717, 1.165) is 12.8 Å². The SMILES string of the molecule is CC[C@@]1(C)C(OC(=O)Nc2nc(Cl)nc3c2ncn3[C@@H]2O[C@H](CNP(=O)(O)CP(=O)(O)O)C(O)C2O)CCC1(C)C. The molecule has 7 atom stereocenters. The van der Waals surface area contributed by atoms with Crippen molar-refractivity contribution in [1.29, 1.82) is 0 Å². The van der Waals surface area contributed by atoms with E-state index in [-0.39, 0.29) is 39.2 Å². The van der Waals surface area contributed by atoms with E-state index >= 15 is 0 Å². The molecule has 230 valence electrons. The normalized spacial score (nSPS) is 31.3. The fourth-order valence-corrected chi connectivity index (χ4v) is 8.53. The molecule has 0 bridgehead atoms. The number of aliphatic hydroxyl groups is 2. The lowest BCUT2D eigenvalue weighted by molar-refractivity contribution is -0.0331. The van der Waals surface area contributed by atoms with Gasteiger partial charge in [-0.3, -0.25) is 19.0 Å². The van der Waals surface area contributed by atoms with Crippen LogP contribution in [0.5, 0.6) is 0 Å². The second-order valence-electron chi connectivity index (χ2n) is 11.3. The van der Waals surface area contributed by atoms with Gasteiger partial charge in [0.2, 0.25) is 5.28 Å². The van der Waals surface area contributed by atoms with E-state index in [0.29, 0.717) is 6.42 Å². The number of nitrogens with one attached hydrogen (secondary N) is 2. The summed E-state index contributed by atoms with van der Waals surface area (Å²) in [6.07, 6.45) is -3.10. The summed E-state index contributed by atoms with van der Waals surface area (Å²) in [7, 11) is -9.29. The topological polar surface area (TPSA) is 238 Å². The van der Waals surface area contributed by atoms with Crippen LogP contribution < -0.4 is 10.4 Å². The number of hydrogen-bond acceptors (Lipinski definition) is 10. The summed E-state index contributed by atoms with van der Waals surface area (Å²) in [6, 6.07) is 0. The number of fused-ring (bicyclic) bond motifs is 1. The van der Waals surface area contributed by atoms with Crippen LogP contribution in [0.2, 0.25) is 5.28 Å². The quantitative estimate of drug-likeness (QED) is 0.154. The largest absolute Gasteiger partial charge is 0.445 e. The van der Waals surface area contributed by atoms with Crippen LogP contribution in [0.4, 0.5) is 10.6 Å². The van der Waals surface area contributed by atoms with Crippen LogP contribution in [0.3, 0.4) is 0 Å². The molecule has 1 aliphatic heterocycles. The van der Waals surface area contributed by atoms with Crippen molar-refractivity contribution < 1.29 is 48.3 Å². The molecule has 0 radical (unpaired) electrons. The molecule has 2 aromatic heterocycles. The second-order valence-corrected chi connectivity index (χ2v) is 15.8. The zero-order chi connectivity index (χ0) is 30.5. The van der Waals surface area contributed by atoms with E-state index in [1.54, 1.807) is 0 Å². The monoisotopic (exact) mass is 640 g/mol. The number of carbonyl (C=O) groups excluding carboxylic acids is 1. The lowest BCUT2D eigenvalue weighted by Gasteiger charge is -2.41. The third-order valence-electron chi connectivity index (χ3n) is 8.41. The van der Waals surface area contributed by atoms with Gasteiger partial charge < -0.3 is 34.4 Å². The highest BCUT2D eigenvalue weighted by Gasteiger charge is 2.52. The number of aromatic nitrogens is 4. The molecule has 0 spiro atoms. The zero-order valence-corrected chi connectivity index (χ0v) is 25.4. The van der Waals surface area contributed by atoms with E-state index < -0.39 is 58.2 Å². The molecule has 0 aromatic carbocycles. The third kappa shape index (κ3) is 6.62. The second kappa shape index (κ2) is 11.4. The Kier molecular flexibility index (Phi) is 8.97. The Morgan fingerprint density at radius 1 is 1.22 bits per heavy atom. The number of anilines is 1. The van der Waals surface area contributed by atoms with Crippen molar-refractivity contribution in [2.45, 2.75) is 77.6 Å². The predicted molar refractivity (Wildman–Crippen MR) is 146 cm³/mol. The van der Waals surface area contributed by atoms with E-state index in [2.05, 4.69) is 53.1 Å². The van der Waals surface area contributed by atoms with Crippen molar-refractivity contribution in [2.75, 3.05) is 17.8 Å². The summed E-state index contributed by atoms with van der Waals surface area (Å²) < 4.78 is 35.9. The Balaban J connectivity index is 1.51. The number of hydrogen-bond donors (Lipinski definition) is 7. The first-order valence-corrected chi connectivity index (χ1v) is 16.9. The molecule has 1 saturated carbocycles. The molecule has 3 heterocycles. The number of nitrogens with zero attached hydrogens (tertiary/aromatic N) is 4. The van der Waals surface area contributed by atoms with Crippen molar-refractivity contribution in [3.05, 3.63) is 11.6 Å². The summed E-state index contributed by atoms with van der Waals surface area (Å²) in [4.78, 5) is 53.1. The number of amides is 1. The summed E-state index contributed by atoms with van der Waals surface area (Å²) in [5, 5.41) is 25.5. The molecule has 2 aliphatic rings. The standard InChI is InChI=1S/C22H35ClN6O10P2/c1-5-22(4)12(6-7-21(22,2)3)39-20(32)27-16-13-17(28-19(23)26-16)29(9-24-13)18-15(31)14(30)11(38-18)8-25-40(33,34)10-41(35,36)37/h9,11-12,14-15,18,30-31H,5-8,10H2,1-4H3,(H2,25,33,34)(H2,35,36,37)(H,26,27,28,32)/t11-,12?,14?,15?,18-,22+/m1/s1. The van der Waals surface area contributed by atoms with Gasteiger partial charge in [0.05, 0.1) is 6.33 Å². The molecular weight excluding hydrogens is 606 g/mol. The van der Waals surface area contributed by atoms with Gasteiger partial charge in [-0.05, 0) is 36.3 Å². The predicted octanol–water partition coefficient (Wildman–Crippen LogP) is 2.16. The maximum Gasteiger partial charge on any atom is 0.413 e. The van der Waals surface area contributed by atoms with Gasteiger partial charge in [-0.15, -0.1) is 0 Å². The molecule has 2 aromatic rings. The van der Waals surface area contributed by atoms with Crippen LogP contribution in [0.1, 0.15) is 53.2 Å². The first-order valence-electron chi connectivity index (χ1n) is 12.9. The van der Waals surface area contributed by atoms with Crippen molar-refractivity contribution in [3.8, 4) is 0 Å². The van der Waals surface area contributed by atoms with Crippen molar-refractivity contribution >= 4 is 49.8 Å². The van der Waals surface area contributed by atoms with Crippen LogP contribution in [0.15, 0.2) is 6.33 Å². The van der Waals surface area contributed by atoms with Gasteiger partial charge in [-0.2, -0.15) is 9.97 Å². The summed E-state index contributed by atoms with van der Waals surface area (Å²) >= 11 is 6.12. The third-order valence-corrected chi connectivity index (χ3v) is 12.3. The van der Waals surface area contributed by atoms with Gasteiger partial charge in [0.25, 0.3) is 7.52 Å². The van der Waals surface area contributed by atoms with Gasteiger partial charge in [0, 0.05) is 12.0 Å². The Morgan fingerprint density at radius 3 is 2.54 bits per heavy atom. The average molecular weight is 641 g/mol. The number of ether oxygens (including phenoxy) is 2. The molecule has 7 N–H and O–H groups in total. The van der Waals surface area contributed by atoms with Gasteiger partial charge in [0.1, 0.15) is 30.3 Å². The Labute approximate surface area is 240 Å². The van der Waals surface area contributed by atoms with Crippen molar-refractivity contribution in [3.63, 3.8) is 0 Å².